The second-order valence-electron chi connectivity index (χ2n) is 3.13. The van der Waals surface area contributed by atoms with Gasteiger partial charge < -0.3 is 0 Å². The first kappa shape index (κ1) is 10.6. The van der Waals surface area contributed by atoms with E-state index in [0.717, 1.165) is 20.8 Å². The van der Waals surface area contributed by atoms with Gasteiger partial charge in [0.2, 0.25) is 0 Å². The molecule has 0 amide bonds. The summed E-state index contributed by atoms with van der Waals surface area (Å²) in [6.45, 7) is 0. The summed E-state index contributed by atoms with van der Waals surface area (Å²) in [5.74, 6) is 0. The highest BCUT2D eigenvalue weighted by Crippen LogP contribution is 2.18. The Balaban J connectivity index is 2.26. The molecule has 0 radical (unpaired) electrons. The zero-order valence-electron chi connectivity index (χ0n) is 7.82. The van der Waals surface area contributed by atoms with E-state index in [2.05, 4.69) is 26.1 Å². The zero-order chi connectivity index (χ0) is 10.7. The van der Waals surface area contributed by atoms with E-state index in [1.165, 1.54) is 0 Å². The quantitative estimate of drug-likeness (QED) is 0.843. The fourth-order valence-electron chi connectivity index (χ4n) is 1.31. The van der Waals surface area contributed by atoms with Crippen molar-refractivity contribution in [1.82, 2.24) is 10.2 Å². The van der Waals surface area contributed by atoms with Gasteiger partial charge in [0, 0.05) is 15.9 Å². The van der Waals surface area contributed by atoms with Crippen LogP contribution in [0.25, 0.3) is 0 Å². The third-order valence-corrected chi connectivity index (χ3v) is 2.80. The van der Waals surface area contributed by atoms with E-state index in [-0.39, 0.29) is 0 Å². The topological polar surface area (TPSA) is 25.8 Å². The number of hydrogen-bond acceptors (Lipinski definition) is 2. The highest BCUT2D eigenvalue weighted by atomic mass is 79.9. The molecule has 76 valence electrons. The first-order chi connectivity index (χ1) is 7.25. The normalized spacial score (nSPS) is 10.3. The first-order valence-corrected chi connectivity index (χ1v) is 5.63. The van der Waals surface area contributed by atoms with Gasteiger partial charge in [-0.15, -0.1) is 0 Å². The van der Waals surface area contributed by atoms with Crippen LogP contribution in [0.15, 0.2) is 41.0 Å². The Morgan fingerprint density at radius 2 is 2.07 bits per heavy atom. The van der Waals surface area contributed by atoms with Crippen LogP contribution in [-0.4, -0.2) is 10.2 Å². The molecule has 1 heterocycles. The minimum Gasteiger partial charge on any atom is -0.158 e. The molecule has 0 saturated heterocycles. The van der Waals surface area contributed by atoms with Gasteiger partial charge in [-0.3, -0.25) is 0 Å². The lowest BCUT2D eigenvalue weighted by atomic mass is 10.1. The Kier molecular flexibility index (Phi) is 3.34. The molecule has 0 aliphatic rings. The average Bonchev–Trinajstić information content (AvgIpc) is 2.22. The monoisotopic (exact) mass is 282 g/mol. The summed E-state index contributed by atoms with van der Waals surface area (Å²) >= 11 is 9.41. The second kappa shape index (κ2) is 4.73. The Hall–Kier alpha value is -0.930. The lowest BCUT2D eigenvalue weighted by Gasteiger charge is -2.02. The van der Waals surface area contributed by atoms with Crippen LogP contribution in [0, 0.1) is 0 Å². The third kappa shape index (κ3) is 2.76. The summed E-state index contributed by atoms with van der Waals surface area (Å²) in [5.41, 5.74) is 1.96. The molecule has 0 atom stereocenters. The van der Waals surface area contributed by atoms with Crippen LogP contribution in [0.1, 0.15) is 11.3 Å². The fraction of sp³-hybridized carbons (Fsp3) is 0.0909. The molecular weight excluding hydrogens is 275 g/mol. The van der Waals surface area contributed by atoms with Gasteiger partial charge in [0.15, 0.2) is 0 Å². The molecule has 0 spiro atoms. The molecule has 15 heavy (non-hydrogen) atoms. The van der Waals surface area contributed by atoms with Crippen LogP contribution >= 0.6 is 27.5 Å². The van der Waals surface area contributed by atoms with Gasteiger partial charge in [-0.05, 0) is 33.6 Å². The Labute approximate surface area is 101 Å². The van der Waals surface area contributed by atoms with Crippen LogP contribution in [-0.2, 0) is 6.42 Å². The zero-order valence-corrected chi connectivity index (χ0v) is 10.2. The molecule has 0 saturated carbocycles. The smallest absolute Gasteiger partial charge is 0.0686 e. The van der Waals surface area contributed by atoms with E-state index in [1.807, 2.05) is 30.3 Å². The molecule has 0 aliphatic heterocycles. The molecule has 0 bridgehead atoms. The van der Waals surface area contributed by atoms with Crippen LogP contribution in [0.5, 0.6) is 0 Å². The van der Waals surface area contributed by atoms with Crippen LogP contribution in [0.3, 0.4) is 0 Å². The van der Waals surface area contributed by atoms with Gasteiger partial charge in [-0.2, -0.15) is 10.2 Å². The van der Waals surface area contributed by atoms with Crippen molar-refractivity contribution < 1.29 is 0 Å². The lowest BCUT2D eigenvalue weighted by Crippen LogP contribution is -1.94. The average molecular weight is 284 g/mol. The number of rotatable bonds is 2. The van der Waals surface area contributed by atoms with Gasteiger partial charge in [0.05, 0.1) is 11.9 Å². The Bertz CT molecular complexity index is 474. The Morgan fingerprint density at radius 1 is 1.27 bits per heavy atom. The van der Waals surface area contributed by atoms with Gasteiger partial charge >= 0.3 is 0 Å². The van der Waals surface area contributed by atoms with Crippen LogP contribution in [0.4, 0.5) is 0 Å². The number of hydrogen-bond donors (Lipinski definition) is 0. The lowest BCUT2D eigenvalue weighted by molar-refractivity contribution is 0.931. The first-order valence-electron chi connectivity index (χ1n) is 4.46. The molecule has 1 aromatic carbocycles. The predicted molar refractivity (Wildman–Crippen MR) is 64.0 cm³/mol. The maximum Gasteiger partial charge on any atom is 0.0686 e. The van der Waals surface area contributed by atoms with Crippen molar-refractivity contribution in [3.8, 4) is 0 Å². The van der Waals surface area contributed by atoms with Gasteiger partial charge in [0.25, 0.3) is 0 Å². The molecule has 2 aromatic rings. The maximum absolute atomic E-state index is 6.05. The van der Waals surface area contributed by atoms with E-state index < -0.39 is 0 Å². The van der Waals surface area contributed by atoms with E-state index in [1.54, 1.807) is 6.20 Å². The molecule has 0 aliphatic carbocycles. The largest absolute Gasteiger partial charge is 0.158 e. The molecule has 0 N–H and O–H groups in total. The minimum atomic E-state index is 0.701. The summed E-state index contributed by atoms with van der Waals surface area (Å²) in [5, 5.41) is 8.67. The van der Waals surface area contributed by atoms with E-state index in [0.29, 0.717) is 6.42 Å². The highest BCUT2D eigenvalue weighted by molar-refractivity contribution is 9.10. The van der Waals surface area contributed by atoms with Crippen LogP contribution in [0.2, 0.25) is 5.02 Å². The predicted octanol–water partition coefficient (Wildman–Crippen LogP) is 3.48. The molecule has 1 aromatic heterocycles. The fourth-order valence-corrected chi connectivity index (χ4v) is 1.87. The maximum atomic E-state index is 6.05. The number of halogens is 2. The summed E-state index contributed by atoms with van der Waals surface area (Å²) in [6, 6.07) is 9.69. The molecular formula is C11H8BrClN2. The molecule has 4 heteroatoms. The van der Waals surface area contributed by atoms with Crippen molar-refractivity contribution in [2.24, 2.45) is 0 Å². The van der Waals surface area contributed by atoms with Crippen molar-refractivity contribution in [2.75, 3.05) is 0 Å². The molecule has 0 fully saturated rings. The van der Waals surface area contributed by atoms with Crippen molar-refractivity contribution in [2.45, 2.75) is 6.42 Å². The van der Waals surface area contributed by atoms with Gasteiger partial charge in [0.1, 0.15) is 0 Å². The van der Waals surface area contributed by atoms with Crippen molar-refractivity contribution in [3.05, 3.63) is 57.3 Å². The van der Waals surface area contributed by atoms with Crippen molar-refractivity contribution in [3.63, 3.8) is 0 Å². The molecule has 0 unspecified atom stereocenters. The standard InChI is InChI=1S/C11H8BrClN2/c12-9-6-10(15-14-7-9)5-8-3-1-2-4-11(8)13/h1-4,6-7H,5H2. The van der Waals surface area contributed by atoms with Crippen molar-refractivity contribution in [1.29, 1.82) is 0 Å². The summed E-state index contributed by atoms with van der Waals surface area (Å²) in [7, 11) is 0. The second-order valence-corrected chi connectivity index (χ2v) is 4.46. The van der Waals surface area contributed by atoms with E-state index in [9.17, 15) is 0 Å². The third-order valence-electron chi connectivity index (χ3n) is 2.00. The minimum absolute atomic E-state index is 0.701. The van der Waals surface area contributed by atoms with Crippen LogP contribution < -0.4 is 0 Å². The summed E-state index contributed by atoms with van der Waals surface area (Å²) < 4.78 is 0.930. The molecule has 2 rings (SSSR count). The number of benzene rings is 1. The van der Waals surface area contributed by atoms with Gasteiger partial charge in [-0.1, -0.05) is 29.8 Å². The van der Waals surface area contributed by atoms with Gasteiger partial charge in [-0.25, -0.2) is 0 Å². The van der Waals surface area contributed by atoms with E-state index in [4.69, 9.17) is 11.6 Å². The highest BCUT2D eigenvalue weighted by Gasteiger charge is 2.02. The summed E-state index contributed by atoms with van der Waals surface area (Å²) in [4.78, 5) is 0. The van der Waals surface area contributed by atoms with Crippen molar-refractivity contribution >= 4 is 27.5 Å². The van der Waals surface area contributed by atoms with E-state index >= 15 is 0 Å². The molecule has 2 nitrogen and oxygen atoms in total. The SMILES string of the molecule is Clc1ccccc1Cc1cc(Br)cnn1. The summed E-state index contributed by atoms with van der Waals surface area (Å²) in [6.07, 6.45) is 2.36. The number of aromatic nitrogens is 2. The Morgan fingerprint density at radius 3 is 2.80 bits per heavy atom. The number of nitrogens with zero attached hydrogens (tertiary/aromatic N) is 2.